The minimum absolute atomic E-state index is 0.0260. The smallest absolute Gasteiger partial charge is 0.243 e. The van der Waals surface area contributed by atoms with Crippen molar-refractivity contribution < 1.29 is 9.59 Å². The zero-order valence-corrected chi connectivity index (χ0v) is 17.7. The first-order chi connectivity index (χ1) is 12.8. The van der Waals surface area contributed by atoms with Crippen molar-refractivity contribution in [1.29, 1.82) is 0 Å². The number of anilines is 1. The summed E-state index contributed by atoms with van der Waals surface area (Å²) in [7, 11) is 1.65. The summed E-state index contributed by atoms with van der Waals surface area (Å²) in [5.41, 5.74) is 5.02. The first-order valence-electron chi connectivity index (χ1n) is 8.70. The highest BCUT2D eigenvalue weighted by molar-refractivity contribution is 7.99. The summed E-state index contributed by atoms with van der Waals surface area (Å²) in [6, 6.07) is 11.7. The van der Waals surface area contributed by atoms with E-state index in [1.165, 1.54) is 16.7 Å². The molecule has 144 valence electrons. The van der Waals surface area contributed by atoms with E-state index >= 15 is 0 Å². The third-order valence-electron chi connectivity index (χ3n) is 4.19. The van der Waals surface area contributed by atoms with Gasteiger partial charge in [-0.1, -0.05) is 47.5 Å². The number of thioether (sulfide) groups is 1. The molecule has 0 aliphatic rings. The molecule has 2 amide bonds. The zero-order chi connectivity index (χ0) is 20.0. The Balaban J connectivity index is 1.83. The molecular formula is C21H25ClN2O2S. The van der Waals surface area contributed by atoms with Gasteiger partial charge in [-0.15, -0.1) is 11.8 Å². The van der Waals surface area contributed by atoms with E-state index < -0.39 is 0 Å². The largest absolute Gasteiger partial charge is 0.336 e. The van der Waals surface area contributed by atoms with Gasteiger partial charge in [0, 0.05) is 23.5 Å². The monoisotopic (exact) mass is 404 g/mol. The van der Waals surface area contributed by atoms with Gasteiger partial charge < -0.3 is 10.2 Å². The van der Waals surface area contributed by atoms with Gasteiger partial charge in [0.2, 0.25) is 11.8 Å². The van der Waals surface area contributed by atoms with Gasteiger partial charge in [-0.25, -0.2) is 0 Å². The van der Waals surface area contributed by atoms with Crippen molar-refractivity contribution in [1.82, 2.24) is 4.90 Å². The molecule has 0 aliphatic carbocycles. The van der Waals surface area contributed by atoms with E-state index in [-0.39, 0.29) is 18.4 Å². The topological polar surface area (TPSA) is 49.4 Å². The Bertz CT molecular complexity index is 816. The summed E-state index contributed by atoms with van der Waals surface area (Å²) < 4.78 is 0. The number of benzene rings is 2. The van der Waals surface area contributed by atoms with Crippen LogP contribution < -0.4 is 5.32 Å². The van der Waals surface area contributed by atoms with Crippen LogP contribution in [0.4, 0.5) is 5.69 Å². The lowest BCUT2D eigenvalue weighted by molar-refractivity contribution is -0.131. The van der Waals surface area contributed by atoms with Gasteiger partial charge >= 0.3 is 0 Å². The molecule has 6 heteroatoms. The van der Waals surface area contributed by atoms with Crippen molar-refractivity contribution in [3.8, 4) is 0 Å². The average Bonchev–Trinajstić information content (AvgIpc) is 2.59. The van der Waals surface area contributed by atoms with E-state index in [1.807, 2.05) is 57.2 Å². The molecule has 0 heterocycles. The van der Waals surface area contributed by atoms with Crippen molar-refractivity contribution in [2.24, 2.45) is 0 Å². The van der Waals surface area contributed by atoms with Crippen LogP contribution in [-0.2, 0) is 15.3 Å². The van der Waals surface area contributed by atoms with Crippen LogP contribution in [0.15, 0.2) is 36.4 Å². The number of nitrogens with one attached hydrogen (secondary N) is 1. The second-order valence-corrected chi connectivity index (χ2v) is 8.05. The number of carbonyl (C=O) groups is 2. The zero-order valence-electron chi connectivity index (χ0n) is 16.1. The van der Waals surface area contributed by atoms with Crippen LogP contribution >= 0.6 is 23.4 Å². The van der Waals surface area contributed by atoms with Gasteiger partial charge in [0.05, 0.1) is 12.3 Å². The van der Waals surface area contributed by atoms with Crippen LogP contribution in [0.25, 0.3) is 0 Å². The Morgan fingerprint density at radius 3 is 2.37 bits per heavy atom. The van der Waals surface area contributed by atoms with E-state index in [0.29, 0.717) is 16.5 Å². The molecule has 0 spiro atoms. The minimum Gasteiger partial charge on any atom is -0.336 e. The molecule has 2 aromatic carbocycles. The number of hydrogen-bond donors (Lipinski definition) is 1. The third kappa shape index (κ3) is 6.29. The number of nitrogens with zero attached hydrogens (tertiary/aromatic N) is 1. The Kier molecular flexibility index (Phi) is 7.75. The van der Waals surface area contributed by atoms with Crippen molar-refractivity contribution in [3.05, 3.63) is 63.7 Å². The summed E-state index contributed by atoms with van der Waals surface area (Å²) in [4.78, 5) is 26.1. The summed E-state index contributed by atoms with van der Waals surface area (Å²) in [5.74, 6) is 0.682. The quantitative estimate of drug-likeness (QED) is 0.733. The van der Waals surface area contributed by atoms with Gasteiger partial charge in [-0.05, 0) is 43.5 Å². The van der Waals surface area contributed by atoms with E-state index in [4.69, 9.17) is 11.6 Å². The lowest BCUT2D eigenvalue weighted by Crippen LogP contribution is -2.36. The van der Waals surface area contributed by atoms with E-state index in [1.54, 1.807) is 7.05 Å². The Morgan fingerprint density at radius 1 is 1.11 bits per heavy atom. The lowest BCUT2D eigenvalue weighted by Gasteiger charge is -2.18. The normalized spacial score (nSPS) is 10.6. The molecule has 0 unspecified atom stereocenters. The highest BCUT2D eigenvalue weighted by atomic mass is 35.5. The summed E-state index contributed by atoms with van der Waals surface area (Å²) in [5, 5.41) is 3.63. The first-order valence-corrected chi connectivity index (χ1v) is 10.2. The van der Waals surface area contributed by atoms with Gasteiger partial charge in [-0.3, -0.25) is 9.59 Å². The lowest BCUT2D eigenvalue weighted by atomic mass is 10.1. The molecule has 1 N–H and O–H groups in total. The average molecular weight is 405 g/mol. The summed E-state index contributed by atoms with van der Waals surface area (Å²) in [6.07, 6.45) is 0. The van der Waals surface area contributed by atoms with Crippen molar-refractivity contribution in [3.63, 3.8) is 0 Å². The molecule has 0 aliphatic heterocycles. The van der Waals surface area contributed by atoms with E-state index in [9.17, 15) is 9.59 Å². The van der Waals surface area contributed by atoms with Crippen molar-refractivity contribution in [2.45, 2.75) is 26.5 Å². The van der Waals surface area contributed by atoms with E-state index in [2.05, 4.69) is 5.32 Å². The fraction of sp³-hybridized carbons (Fsp3) is 0.333. The van der Waals surface area contributed by atoms with Crippen LogP contribution in [0.1, 0.15) is 22.3 Å². The van der Waals surface area contributed by atoms with E-state index in [0.717, 1.165) is 27.9 Å². The number of rotatable bonds is 7. The molecule has 0 radical (unpaired) electrons. The number of likely N-dealkylation sites (N-methyl/N-ethyl adjacent to an activating group) is 1. The van der Waals surface area contributed by atoms with Gasteiger partial charge in [0.1, 0.15) is 0 Å². The number of carbonyl (C=O) groups excluding carboxylic acids is 2. The number of aryl methyl sites for hydroxylation is 3. The second kappa shape index (κ2) is 9.81. The van der Waals surface area contributed by atoms with Crippen molar-refractivity contribution >= 4 is 40.9 Å². The van der Waals surface area contributed by atoms with Crippen LogP contribution in [-0.4, -0.2) is 36.1 Å². The SMILES string of the molecule is Cc1cc(C)c(NC(=O)CN(C)C(=O)CSCc2ccccc2Cl)c(C)c1. The molecule has 0 saturated carbocycles. The van der Waals surface area contributed by atoms with Crippen molar-refractivity contribution in [2.75, 3.05) is 24.7 Å². The second-order valence-electron chi connectivity index (χ2n) is 6.66. The maximum atomic E-state index is 12.3. The molecule has 2 aromatic rings. The molecule has 0 aromatic heterocycles. The highest BCUT2D eigenvalue weighted by Crippen LogP contribution is 2.22. The fourth-order valence-electron chi connectivity index (χ4n) is 2.83. The Hall–Kier alpha value is -1.98. The number of amides is 2. The number of halogens is 1. The van der Waals surface area contributed by atoms with Crippen LogP contribution in [0, 0.1) is 20.8 Å². The summed E-state index contributed by atoms with van der Waals surface area (Å²) >= 11 is 7.61. The molecule has 0 fully saturated rings. The molecule has 0 bridgehead atoms. The molecular weight excluding hydrogens is 380 g/mol. The van der Waals surface area contributed by atoms with Crippen LogP contribution in [0.2, 0.25) is 5.02 Å². The number of hydrogen-bond acceptors (Lipinski definition) is 3. The highest BCUT2D eigenvalue weighted by Gasteiger charge is 2.15. The first kappa shape index (κ1) is 21.3. The molecule has 0 atom stereocenters. The third-order valence-corrected chi connectivity index (χ3v) is 5.52. The molecule has 27 heavy (non-hydrogen) atoms. The van der Waals surface area contributed by atoms with Crippen LogP contribution in [0.5, 0.6) is 0 Å². The fourth-order valence-corrected chi connectivity index (χ4v) is 4.08. The standard InChI is InChI=1S/C21H25ClN2O2S/c1-14-9-15(2)21(16(3)10-14)23-19(25)11-24(4)20(26)13-27-12-17-7-5-6-8-18(17)22/h5-10H,11-13H2,1-4H3,(H,23,25). The molecule has 4 nitrogen and oxygen atoms in total. The molecule has 2 rings (SSSR count). The predicted octanol–water partition coefficient (Wildman–Crippen LogP) is 4.60. The van der Waals surface area contributed by atoms with Gasteiger partial charge in [0.25, 0.3) is 0 Å². The predicted molar refractivity (Wildman–Crippen MR) is 115 cm³/mol. The maximum absolute atomic E-state index is 12.3. The Morgan fingerprint density at radius 2 is 1.74 bits per heavy atom. The molecule has 0 saturated heterocycles. The minimum atomic E-state index is -0.197. The summed E-state index contributed by atoms with van der Waals surface area (Å²) in [6.45, 7) is 5.99. The van der Waals surface area contributed by atoms with Gasteiger partial charge in [0.15, 0.2) is 0 Å². The van der Waals surface area contributed by atoms with Crippen LogP contribution in [0.3, 0.4) is 0 Å². The Labute approximate surface area is 170 Å². The maximum Gasteiger partial charge on any atom is 0.243 e. The van der Waals surface area contributed by atoms with Gasteiger partial charge in [-0.2, -0.15) is 0 Å².